The van der Waals surface area contributed by atoms with Crippen molar-refractivity contribution in [3.8, 4) is 0 Å². The van der Waals surface area contributed by atoms with E-state index in [1.807, 2.05) is 37.3 Å². The Hall–Kier alpha value is -4.02. The number of nitrogens with zero attached hydrogens (tertiary/aromatic N) is 2. The third-order valence-electron chi connectivity index (χ3n) is 6.84. The van der Waals surface area contributed by atoms with Gasteiger partial charge in [-0.2, -0.15) is 0 Å². The van der Waals surface area contributed by atoms with Crippen molar-refractivity contribution in [2.45, 2.75) is 37.2 Å². The Morgan fingerprint density at radius 3 is 2.09 bits per heavy atom. The molecule has 0 unspecified atom stereocenters. The molecule has 4 rings (SSSR count). The average Bonchev–Trinajstić information content (AvgIpc) is 3.02. The van der Waals surface area contributed by atoms with Crippen molar-refractivity contribution in [1.29, 1.82) is 0 Å². The summed E-state index contributed by atoms with van der Waals surface area (Å²) >= 11 is 3.37. The van der Waals surface area contributed by atoms with Gasteiger partial charge in [0.15, 0.2) is 0 Å². The lowest BCUT2D eigenvalue weighted by molar-refractivity contribution is -0.140. The molecule has 0 heterocycles. The van der Waals surface area contributed by atoms with Crippen molar-refractivity contribution in [1.82, 2.24) is 10.2 Å². The molecule has 0 spiro atoms. The molecule has 4 aromatic rings. The van der Waals surface area contributed by atoms with Gasteiger partial charge in [0.25, 0.3) is 10.0 Å². The first-order chi connectivity index (χ1) is 20.7. The molecule has 43 heavy (non-hydrogen) atoms. The molecule has 7 nitrogen and oxygen atoms in total. The average molecular weight is 667 g/mol. The summed E-state index contributed by atoms with van der Waals surface area (Å²) in [5, 5.41) is 2.87. The van der Waals surface area contributed by atoms with Gasteiger partial charge < -0.3 is 10.2 Å². The smallest absolute Gasteiger partial charge is 0.264 e. The van der Waals surface area contributed by atoms with E-state index in [9.17, 15) is 22.4 Å². The lowest BCUT2D eigenvalue weighted by Gasteiger charge is -2.34. The Balaban J connectivity index is 1.79. The largest absolute Gasteiger partial charge is 0.354 e. The van der Waals surface area contributed by atoms with E-state index in [0.29, 0.717) is 13.0 Å². The van der Waals surface area contributed by atoms with Crippen molar-refractivity contribution in [2.24, 2.45) is 0 Å². The minimum atomic E-state index is -4.20. The summed E-state index contributed by atoms with van der Waals surface area (Å²) in [6, 6.07) is 28.6. The molecule has 2 amide bonds. The monoisotopic (exact) mass is 665 g/mol. The van der Waals surface area contributed by atoms with Gasteiger partial charge in [-0.3, -0.25) is 13.9 Å². The predicted octanol–water partition coefficient (Wildman–Crippen LogP) is 5.95. The van der Waals surface area contributed by atoms with Crippen molar-refractivity contribution in [3.05, 3.63) is 131 Å². The number of anilines is 1. The maximum Gasteiger partial charge on any atom is 0.264 e. The van der Waals surface area contributed by atoms with E-state index >= 15 is 0 Å². The first kappa shape index (κ1) is 31.9. The Bertz CT molecular complexity index is 1620. The predicted molar refractivity (Wildman–Crippen MR) is 169 cm³/mol. The van der Waals surface area contributed by atoms with Gasteiger partial charge in [0.1, 0.15) is 18.4 Å². The molecule has 4 aromatic carbocycles. The second-order valence-electron chi connectivity index (χ2n) is 9.91. The summed E-state index contributed by atoms with van der Waals surface area (Å²) in [5.74, 6) is -1.59. The van der Waals surface area contributed by atoms with Gasteiger partial charge in [-0.1, -0.05) is 89.6 Å². The Labute approximate surface area is 260 Å². The molecule has 0 saturated carbocycles. The van der Waals surface area contributed by atoms with Crippen LogP contribution in [0.1, 0.15) is 24.5 Å². The topological polar surface area (TPSA) is 86.8 Å². The molecule has 0 radical (unpaired) electrons. The fourth-order valence-corrected chi connectivity index (χ4v) is 6.29. The highest BCUT2D eigenvalue weighted by molar-refractivity contribution is 9.10. The van der Waals surface area contributed by atoms with Crippen molar-refractivity contribution in [2.75, 3.05) is 17.4 Å². The number of sulfonamides is 1. The molecule has 224 valence electrons. The minimum absolute atomic E-state index is 0.00731. The van der Waals surface area contributed by atoms with Gasteiger partial charge in [0.05, 0.1) is 10.6 Å². The molecule has 1 atom stereocenters. The highest BCUT2D eigenvalue weighted by atomic mass is 79.9. The van der Waals surface area contributed by atoms with E-state index in [1.54, 1.807) is 60.7 Å². The summed E-state index contributed by atoms with van der Waals surface area (Å²) in [6.45, 7) is 1.46. The van der Waals surface area contributed by atoms with Crippen LogP contribution < -0.4 is 9.62 Å². The van der Waals surface area contributed by atoms with E-state index in [1.165, 1.54) is 23.1 Å². The highest BCUT2D eigenvalue weighted by Gasteiger charge is 2.34. The van der Waals surface area contributed by atoms with Crippen molar-refractivity contribution in [3.63, 3.8) is 0 Å². The summed E-state index contributed by atoms with van der Waals surface area (Å²) in [4.78, 5) is 29.2. The van der Waals surface area contributed by atoms with Gasteiger partial charge in [-0.05, 0) is 54.4 Å². The fourth-order valence-electron chi connectivity index (χ4n) is 4.59. The van der Waals surface area contributed by atoms with Gasteiger partial charge in [0, 0.05) is 29.5 Å². The van der Waals surface area contributed by atoms with Gasteiger partial charge in [-0.25, -0.2) is 12.8 Å². The number of rotatable bonds is 13. The first-order valence-electron chi connectivity index (χ1n) is 13.9. The van der Waals surface area contributed by atoms with E-state index in [4.69, 9.17) is 0 Å². The molecule has 1 N–H and O–H groups in total. The van der Waals surface area contributed by atoms with Crippen molar-refractivity contribution < 1.29 is 22.4 Å². The fraction of sp³-hybridized carbons (Fsp3) is 0.212. The van der Waals surface area contributed by atoms with Crippen LogP contribution in [0.4, 0.5) is 10.1 Å². The molecular formula is C33H33BrFN3O4S. The second kappa shape index (κ2) is 14.9. The normalized spacial score (nSPS) is 11.9. The lowest BCUT2D eigenvalue weighted by Crippen LogP contribution is -2.53. The number of halogens is 2. The number of nitrogens with one attached hydrogen (secondary N) is 1. The summed E-state index contributed by atoms with van der Waals surface area (Å²) < 4.78 is 44.5. The van der Waals surface area contributed by atoms with Crippen LogP contribution in [0.2, 0.25) is 0 Å². The lowest BCUT2D eigenvalue weighted by atomic mass is 10.0. The maximum atomic E-state index is 14.9. The van der Waals surface area contributed by atoms with Gasteiger partial charge in [0.2, 0.25) is 11.8 Å². The number of benzene rings is 4. The van der Waals surface area contributed by atoms with Crippen LogP contribution in [0.5, 0.6) is 0 Å². The number of carbonyl (C=O) groups is 2. The van der Waals surface area contributed by atoms with Gasteiger partial charge >= 0.3 is 0 Å². The van der Waals surface area contributed by atoms with Crippen LogP contribution in [0.3, 0.4) is 0 Å². The molecule has 0 fully saturated rings. The molecule has 0 saturated heterocycles. The molecule has 0 aliphatic rings. The number of amides is 2. The van der Waals surface area contributed by atoms with Crippen LogP contribution in [-0.2, 0) is 32.6 Å². The van der Waals surface area contributed by atoms with Crippen molar-refractivity contribution >= 4 is 43.5 Å². The van der Waals surface area contributed by atoms with Crippen LogP contribution in [0.15, 0.2) is 119 Å². The van der Waals surface area contributed by atoms with E-state index in [0.717, 1.165) is 14.3 Å². The van der Waals surface area contributed by atoms with Crippen LogP contribution in [0, 0.1) is 5.82 Å². The SMILES string of the molecule is CCCNC(=O)[C@@H](Cc1ccccc1)N(Cc1ccccc1F)C(=O)CN(c1ccc(Br)cc1)S(=O)(=O)c1ccccc1. The molecule has 0 aliphatic heterocycles. The summed E-state index contributed by atoms with van der Waals surface area (Å²) in [7, 11) is -4.20. The molecule has 0 bridgehead atoms. The van der Waals surface area contributed by atoms with E-state index in [-0.39, 0.29) is 29.1 Å². The van der Waals surface area contributed by atoms with Crippen LogP contribution in [0.25, 0.3) is 0 Å². The number of hydrogen-bond acceptors (Lipinski definition) is 4. The summed E-state index contributed by atoms with van der Waals surface area (Å²) in [6.07, 6.45) is 0.831. The molecule has 0 aliphatic carbocycles. The summed E-state index contributed by atoms with van der Waals surface area (Å²) in [5.41, 5.74) is 1.27. The molecule has 10 heteroatoms. The minimum Gasteiger partial charge on any atom is -0.354 e. The van der Waals surface area contributed by atoms with E-state index < -0.39 is 40.2 Å². The number of hydrogen-bond donors (Lipinski definition) is 1. The molecule has 0 aromatic heterocycles. The zero-order valence-electron chi connectivity index (χ0n) is 23.7. The zero-order chi connectivity index (χ0) is 30.8. The second-order valence-corrected chi connectivity index (χ2v) is 12.7. The quantitative estimate of drug-likeness (QED) is 0.191. The third kappa shape index (κ3) is 8.30. The molecular weight excluding hydrogens is 633 g/mol. The zero-order valence-corrected chi connectivity index (χ0v) is 26.1. The van der Waals surface area contributed by atoms with Crippen LogP contribution in [-0.4, -0.2) is 44.3 Å². The Kier molecular flexibility index (Phi) is 11.1. The van der Waals surface area contributed by atoms with Crippen LogP contribution >= 0.6 is 15.9 Å². The standard InChI is InChI=1S/C33H33BrFN3O4S/c1-2-21-36-33(40)31(22-25-11-5-3-6-12-25)37(23-26-13-9-10-16-30(26)35)32(39)24-38(28-19-17-27(34)18-20-28)43(41,42)29-14-7-4-8-15-29/h3-20,31H,2,21-24H2,1H3,(H,36,40)/t31-/m1/s1. The maximum absolute atomic E-state index is 14.9. The Morgan fingerprint density at radius 2 is 1.47 bits per heavy atom. The third-order valence-corrected chi connectivity index (χ3v) is 9.16. The van der Waals surface area contributed by atoms with Gasteiger partial charge in [-0.15, -0.1) is 0 Å². The van der Waals surface area contributed by atoms with E-state index in [2.05, 4.69) is 21.2 Å². The first-order valence-corrected chi connectivity index (χ1v) is 16.1. The Morgan fingerprint density at radius 1 is 0.860 bits per heavy atom. The highest BCUT2D eigenvalue weighted by Crippen LogP contribution is 2.26. The number of carbonyl (C=O) groups excluding carboxylic acids is 2.